The number of β-amino-alcohol motifs (C(OH)–C–C–N with tert-alkyl or cyclic N) is 1. The second-order valence-electron chi connectivity index (χ2n) is 6.86. The van der Waals surface area contributed by atoms with Gasteiger partial charge in [-0.05, 0) is 30.4 Å². The summed E-state index contributed by atoms with van der Waals surface area (Å²) in [4.78, 5) is 6.66. The first-order valence-corrected chi connectivity index (χ1v) is 8.36. The summed E-state index contributed by atoms with van der Waals surface area (Å²) in [6.45, 7) is 8.67. The largest absolute Gasteiger partial charge is 0.392 e. The quantitative estimate of drug-likeness (QED) is 0.939. The van der Waals surface area contributed by atoms with Crippen molar-refractivity contribution in [2.24, 2.45) is 5.92 Å². The minimum absolute atomic E-state index is 0.269. The van der Waals surface area contributed by atoms with Gasteiger partial charge in [0.25, 0.3) is 0 Å². The fourth-order valence-corrected chi connectivity index (χ4v) is 2.90. The third kappa shape index (κ3) is 3.79. The van der Waals surface area contributed by atoms with Crippen LogP contribution in [0.25, 0.3) is 11.4 Å². The van der Waals surface area contributed by atoms with Crippen LogP contribution in [-0.2, 0) is 6.54 Å². The lowest BCUT2D eigenvalue weighted by atomic mass is 9.96. The summed E-state index contributed by atoms with van der Waals surface area (Å²) in [5, 5.41) is 14.1. The molecular formula is C18H25N3O2. The van der Waals surface area contributed by atoms with Gasteiger partial charge in [0.1, 0.15) is 0 Å². The molecule has 124 valence electrons. The summed E-state index contributed by atoms with van der Waals surface area (Å²) in [7, 11) is 0. The molecule has 2 heterocycles. The molecule has 0 saturated carbocycles. The van der Waals surface area contributed by atoms with Gasteiger partial charge in [-0.1, -0.05) is 50.2 Å². The zero-order chi connectivity index (χ0) is 16.4. The lowest BCUT2D eigenvalue weighted by molar-refractivity contribution is 0.0220. The Hall–Kier alpha value is -1.72. The third-order valence-electron chi connectivity index (χ3n) is 4.67. The fourth-order valence-electron chi connectivity index (χ4n) is 2.90. The Labute approximate surface area is 137 Å². The van der Waals surface area contributed by atoms with E-state index in [2.05, 4.69) is 47.9 Å². The smallest absolute Gasteiger partial charge is 0.241 e. The summed E-state index contributed by atoms with van der Waals surface area (Å²) >= 11 is 0. The first kappa shape index (κ1) is 16.1. The van der Waals surface area contributed by atoms with Crippen molar-refractivity contribution in [2.75, 3.05) is 13.1 Å². The van der Waals surface area contributed by atoms with Crippen LogP contribution < -0.4 is 0 Å². The summed E-state index contributed by atoms with van der Waals surface area (Å²) in [6.07, 6.45) is 0.730. The molecule has 1 N–H and O–H groups in total. The number of likely N-dealkylation sites (tertiary alicyclic amines) is 1. The highest BCUT2D eigenvalue weighted by Crippen LogP contribution is 2.22. The van der Waals surface area contributed by atoms with E-state index in [1.54, 1.807) is 0 Å². The highest BCUT2D eigenvalue weighted by Gasteiger charge is 2.25. The molecule has 0 bridgehead atoms. The van der Waals surface area contributed by atoms with Crippen molar-refractivity contribution in [3.8, 4) is 11.4 Å². The van der Waals surface area contributed by atoms with Crippen LogP contribution in [0.3, 0.4) is 0 Å². The fraction of sp³-hybridized carbons (Fsp3) is 0.556. The Balaban J connectivity index is 1.66. The second-order valence-corrected chi connectivity index (χ2v) is 6.86. The zero-order valence-corrected chi connectivity index (χ0v) is 14.1. The van der Waals surface area contributed by atoms with Crippen molar-refractivity contribution in [1.82, 2.24) is 15.0 Å². The second kappa shape index (κ2) is 6.81. The maximum atomic E-state index is 9.97. The summed E-state index contributed by atoms with van der Waals surface area (Å²) in [6, 6.07) is 8.30. The van der Waals surface area contributed by atoms with Gasteiger partial charge in [0, 0.05) is 12.1 Å². The molecule has 3 rings (SSSR count). The maximum Gasteiger partial charge on any atom is 0.241 e. The van der Waals surface area contributed by atoms with Gasteiger partial charge in [-0.15, -0.1) is 0 Å². The number of aromatic nitrogens is 2. The number of hydrogen-bond acceptors (Lipinski definition) is 5. The Morgan fingerprint density at radius 2 is 2.04 bits per heavy atom. The molecular weight excluding hydrogens is 290 g/mol. The van der Waals surface area contributed by atoms with E-state index in [-0.39, 0.29) is 6.10 Å². The third-order valence-corrected chi connectivity index (χ3v) is 4.67. The zero-order valence-electron chi connectivity index (χ0n) is 14.1. The van der Waals surface area contributed by atoms with E-state index in [1.807, 2.05) is 12.1 Å². The van der Waals surface area contributed by atoms with Gasteiger partial charge in [0.2, 0.25) is 11.7 Å². The van der Waals surface area contributed by atoms with E-state index in [1.165, 1.54) is 5.56 Å². The van der Waals surface area contributed by atoms with Gasteiger partial charge in [0.15, 0.2) is 0 Å². The minimum atomic E-state index is -0.269. The summed E-state index contributed by atoms with van der Waals surface area (Å²) in [5.74, 6) is 2.11. The van der Waals surface area contributed by atoms with Crippen LogP contribution in [0.1, 0.15) is 44.6 Å². The van der Waals surface area contributed by atoms with Crippen molar-refractivity contribution in [1.29, 1.82) is 0 Å². The molecule has 1 fully saturated rings. The van der Waals surface area contributed by atoms with Crippen LogP contribution in [0.15, 0.2) is 28.8 Å². The van der Waals surface area contributed by atoms with Gasteiger partial charge in [-0.3, -0.25) is 4.90 Å². The van der Waals surface area contributed by atoms with Gasteiger partial charge in [-0.25, -0.2) is 0 Å². The molecule has 0 aliphatic carbocycles. The number of aliphatic hydroxyl groups excluding tert-OH is 1. The molecule has 5 nitrogen and oxygen atoms in total. The number of nitrogens with zero attached hydrogens (tertiary/aromatic N) is 3. The number of aliphatic hydroxyl groups is 1. The van der Waals surface area contributed by atoms with Crippen molar-refractivity contribution in [3.05, 3.63) is 35.7 Å². The molecule has 5 heteroatoms. The molecule has 0 amide bonds. The van der Waals surface area contributed by atoms with Crippen molar-refractivity contribution in [3.63, 3.8) is 0 Å². The highest BCUT2D eigenvalue weighted by molar-refractivity contribution is 5.54. The topological polar surface area (TPSA) is 62.4 Å². The van der Waals surface area contributed by atoms with E-state index in [9.17, 15) is 5.11 Å². The lowest BCUT2D eigenvalue weighted by Gasteiger charge is -2.33. The predicted octanol–water partition coefficient (Wildman–Crippen LogP) is 3.06. The van der Waals surface area contributed by atoms with Crippen LogP contribution in [0.2, 0.25) is 0 Å². The van der Waals surface area contributed by atoms with Crippen LogP contribution in [-0.4, -0.2) is 39.3 Å². The Morgan fingerprint density at radius 1 is 1.30 bits per heavy atom. The van der Waals surface area contributed by atoms with Crippen LogP contribution in [0.4, 0.5) is 0 Å². The van der Waals surface area contributed by atoms with Gasteiger partial charge in [0.05, 0.1) is 12.6 Å². The lowest BCUT2D eigenvalue weighted by Crippen LogP contribution is -2.42. The standard InChI is InChI=1S/C18H25N3O2/c1-12(2)14-4-6-15(7-5-14)18-19-17(23-20-18)11-21-9-8-13(3)16(22)10-21/h4-7,12-13,16,22H,8-11H2,1-3H3. The number of piperidine rings is 1. The summed E-state index contributed by atoms with van der Waals surface area (Å²) < 4.78 is 5.38. The SMILES string of the molecule is CC(C)c1ccc(-c2noc(CN3CCC(C)C(O)C3)n2)cc1. The molecule has 1 aliphatic rings. The molecule has 2 atom stereocenters. The van der Waals surface area contributed by atoms with Crippen molar-refractivity contribution in [2.45, 2.75) is 45.8 Å². The Kier molecular flexibility index (Phi) is 4.78. The van der Waals surface area contributed by atoms with E-state index in [0.717, 1.165) is 18.5 Å². The summed E-state index contributed by atoms with van der Waals surface area (Å²) in [5.41, 5.74) is 2.27. The predicted molar refractivity (Wildman–Crippen MR) is 88.9 cm³/mol. The molecule has 1 aromatic carbocycles. The van der Waals surface area contributed by atoms with E-state index < -0.39 is 0 Å². The van der Waals surface area contributed by atoms with E-state index in [0.29, 0.717) is 36.6 Å². The average Bonchev–Trinajstić information content (AvgIpc) is 2.99. The molecule has 2 unspecified atom stereocenters. The first-order chi connectivity index (χ1) is 11.0. The van der Waals surface area contributed by atoms with Crippen LogP contribution in [0, 0.1) is 5.92 Å². The van der Waals surface area contributed by atoms with Gasteiger partial charge < -0.3 is 9.63 Å². The molecule has 23 heavy (non-hydrogen) atoms. The minimum Gasteiger partial charge on any atom is -0.392 e. The van der Waals surface area contributed by atoms with Crippen molar-refractivity contribution >= 4 is 0 Å². The molecule has 0 radical (unpaired) electrons. The normalized spacial score (nSPS) is 22.7. The molecule has 1 aliphatic heterocycles. The molecule has 2 aromatic rings. The van der Waals surface area contributed by atoms with Crippen molar-refractivity contribution < 1.29 is 9.63 Å². The van der Waals surface area contributed by atoms with Crippen LogP contribution in [0.5, 0.6) is 0 Å². The monoisotopic (exact) mass is 315 g/mol. The van der Waals surface area contributed by atoms with Gasteiger partial charge in [-0.2, -0.15) is 4.98 Å². The number of rotatable bonds is 4. The molecule has 0 spiro atoms. The number of benzene rings is 1. The number of hydrogen-bond donors (Lipinski definition) is 1. The first-order valence-electron chi connectivity index (χ1n) is 8.36. The maximum absolute atomic E-state index is 9.97. The molecule has 1 saturated heterocycles. The Morgan fingerprint density at radius 3 is 2.70 bits per heavy atom. The van der Waals surface area contributed by atoms with Crippen LogP contribution >= 0.6 is 0 Å². The van der Waals surface area contributed by atoms with Gasteiger partial charge >= 0.3 is 0 Å². The van der Waals surface area contributed by atoms with E-state index in [4.69, 9.17) is 4.52 Å². The average molecular weight is 315 g/mol. The Bertz CT molecular complexity index is 636. The molecule has 1 aromatic heterocycles. The van der Waals surface area contributed by atoms with E-state index >= 15 is 0 Å². The highest BCUT2D eigenvalue weighted by atomic mass is 16.5.